The number of anilines is 1. The number of carbonyl (C=O) groups excluding carboxylic acids is 1. The van der Waals surface area contributed by atoms with Crippen LogP contribution in [0.1, 0.15) is 50.9 Å². The highest BCUT2D eigenvalue weighted by Crippen LogP contribution is 2.42. The van der Waals surface area contributed by atoms with Crippen LogP contribution in [0.5, 0.6) is 0 Å². The van der Waals surface area contributed by atoms with E-state index in [1.165, 1.54) is 22.4 Å². The Hall–Kier alpha value is -2.11. The van der Waals surface area contributed by atoms with E-state index >= 15 is 0 Å². The number of fused-ring (bicyclic) bond motifs is 4. The number of nitrogens with one attached hydrogen (secondary N) is 2. The first-order valence-corrected chi connectivity index (χ1v) is 10.1. The van der Waals surface area contributed by atoms with Gasteiger partial charge in [0.1, 0.15) is 16.3 Å². The van der Waals surface area contributed by atoms with Gasteiger partial charge in [0.25, 0.3) is 5.91 Å². The number of nitrogens with zero attached hydrogens (tertiary/aromatic N) is 1. The molecule has 1 amide bonds. The average molecular weight is 384 g/mol. The Kier molecular flexibility index (Phi) is 3.69. The van der Waals surface area contributed by atoms with Crippen LogP contribution in [-0.4, -0.2) is 10.9 Å². The topological polar surface area (TPSA) is 54.0 Å². The maximum atomic E-state index is 12.8. The van der Waals surface area contributed by atoms with Gasteiger partial charge in [0.2, 0.25) is 0 Å². The van der Waals surface area contributed by atoms with Crippen molar-refractivity contribution in [3.05, 3.63) is 56.5 Å². The highest BCUT2D eigenvalue weighted by atomic mass is 35.5. The molecular formula is C20H18ClN3OS. The molecular weight excluding hydrogens is 366 g/mol. The standard InChI is InChI=1S/C20H18ClN3OS/c1-10-6-7-14-11(8-10)9-13(17(21)22-14)18-23-19(25)16-12-4-2-3-5-15(12)26-20(16)24-18/h6-9,18,24H,2-5H2,1H3,(H,23,25). The maximum absolute atomic E-state index is 12.8. The van der Waals surface area contributed by atoms with Crippen molar-refractivity contribution >= 4 is 44.7 Å². The first-order valence-electron chi connectivity index (χ1n) is 8.89. The van der Waals surface area contributed by atoms with Gasteiger partial charge in [-0.05, 0) is 56.4 Å². The van der Waals surface area contributed by atoms with Crippen LogP contribution in [0.4, 0.5) is 5.00 Å². The minimum absolute atomic E-state index is 0.0106. The molecule has 0 radical (unpaired) electrons. The number of thiophene rings is 1. The molecule has 1 aromatic carbocycles. The quantitative estimate of drug-likeness (QED) is 0.582. The van der Waals surface area contributed by atoms with E-state index in [-0.39, 0.29) is 12.1 Å². The Morgan fingerprint density at radius 3 is 2.92 bits per heavy atom. The molecule has 1 aliphatic heterocycles. The maximum Gasteiger partial charge on any atom is 0.256 e. The summed E-state index contributed by atoms with van der Waals surface area (Å²) >= 11 is 8.17. The molecule has 1 unspecified atom stereocenters. The lowest BCUT2D eigenvalue weighted by atomic mass is 9.94. The van der Waals surface area contributed by atoms with Crippen molar-refractivity contribution in [2.24, 2.45) is 0 Å². The number of benzene rings is 1. The van der Waals surface area contributed by atoms with Crippen LogP contribution in [-0.2, 0) is 12.8 Å². The first-order chi connectivity index (χ1) is 12.6. The number of hydrogen-bond donors (Lipinski definition) is 2. The molecule has 26 heavy (non-hydrogen) atoms. The van der Waals surface area contributed by atoms with Gasteiger partial charge >= 0.3 is 0 Å². The molecule has 3 heterocycles. The number of carbonyl (C=O) groups is 1. The van der Waals surface area contributed by atoms with Crippen molar-refractivity contribution in [3.63, 3.8) is 0 Å². The van der Waals surface area contributed by atoms with Gasteiger partial charge in [0, 0.05) is 15.8 Å². The van der Waals surface area contributed by atoms with Crippen LogP contribution in [0.15, 0.2) is 24.3 Å². The number of pyridine rings is 1. The summed E-state index contributed by atoms with van der Waals surface area (Å²) in [4.78, 5) is 18.7. The van der Waals surface area contributed by atoms with Crippen molar-refractivity contribution < 1.29 is 4.79 Å². The number of rotatable bonds is 1. The lowest BCUT2D eigenvalue weighted by Gasteiger charge is -2.27. The molecule has 6 heteroatoms. The summed E-state index contributed by atoms with van der Waals surface area (Å²) in [6.45, 7) is 2.05. The molecule has 132 valence electrons. The Balaban J connectivity index is 1.58. The van der Waals surface area contributed by atoms with Crippen molar-refractivity contribution in [3.8, 4) is 0 Å². The second-order valence-electron chi connectivity index (χ2n) is 7.03. The third kappa shape index (κ3) is 2.49. The lowest BCUT2D eigenvalue weighted by molar-refractivity contribution is 0.0935. The first kappa shape index (κ1) is 16.1. The van der Waals surface area contributed by atoms with E-state index in [1.807, 2.05) is 18.2 Å². The summed E-state index contributed by atoms with van der Waals surface area (Å²) in [5.41, 5.74) is 4.90. The Labute approximate surface area is 160 Å². The van der Waals surface area contributed by atoms with E-state index in [0.717, 1.165) is 46.3 Å². The molecule has 2 aliphatic rings. The molecule has 1 atom stereocenters. The fourth-order valence-electron chi connectivity index (χ4n) is 3.92. The number of aromatic nitrogens is 1. The van der Waals surface area contributed by atoms with E-state index in [1.54, 1.807) is 11.3 Å². The molecule has 3 aromatic rings. The van der Waals surface area contributed by atoms with Gasteiger partial charge in [-0.3, -0.25) is 4.79 Å². The molecule has 2 aromatic heterocycles. The van der Waals surface area contributed by atoms with E-state index in [4.69, 9.17) is 11.6 Å². The van der Waals surface area contributed by atoms with Crippen LogP contribution >= 0.6 is 22.9 Å². The number of amides is 1. The number of aryl methyl sites for hydroxylation is 2. The average Bonchev–Trinajstić information content (AvgIpc) is 3.00. The SMILES string of the molecule is Cc1ccc2nc(Cl)c(C3NC(=O)c4c(sc5c4CCCC5)N3)cc2c1. The van der Waals surface area contributed by atoms with Crippen LogP contribution in [0.2, 0.25) is 5.15 Å². The van der Waals surface area contributed by atoms with E-state index in [9.17, 15) is 4.79 Å². The van der Waals surface area contributed by atoms with E-state index in [0.29, 0.717) is 5.15 Å². The highest BCUT2D eigenvalue weighted by molar-refractivity contribution is 7.16. The molecule has 0 saturated heterocycles. The third-order valence-corrected chi connectivity index (χ3v) is 6.74. The zero-order chi connectivity index (χ0) is 17.8. The zero-order valence-electron chi connectivity index (χ0n) is 14.4. The van der Waals surface area contributed by atoms with Crippen molar-refractivity contribution in [1.82, 2.24) is 10.3 Å². The summed E-state index contributed by atoms with van der Waals surface area (Å²) in [5, 5.41) is 8.97. The minimum Gasteiger partial charge on any atom is -0.353 e. The molecule has 0 bridgehead atoms. The third-order valence-electron chi connectivity index (χ3n) is 5.21. The normalized spacial score (nSPS) is 18.8. The summed E-state index contributed by atoms with van der Waals surface area (Å²) < 4.78 is 0. The van der Waals surface area contributed by atoms with Gasteiger partial charge in [-0.1, -0.05) is 23.2 Å². The largest absolute Gasteiger partial charge is 0.353 e. The second-order valence-corrected chi connectivity index (χ2v) is 8.49. The molecule has 1 aliphatic carbocycles. The molecule has 0 saturated carbocycles. The smallest absolute Gasteiger partial charge is 0.256 e. The zero-order valence-corrected chi connectivity index (χ0v) is 15.9. The van der Waals surface area contributed by atoms with Gasteiger partial charge in [0.15, 0.2) is 0 Å². The molecule has 5 rings (SSSR count). The van der Waals surface area contributed by atoms with Gasteiger partial charge in [0.05, 0.1) is 11.1 Å². The summed E-state index contributed by atoms with van der Waals surface area (Å²) in [7, 11) is 0. The molecule has 4 nitrogen and oxygen atoms in total. The fraction of sp³-hybridized carbons (Fsp3) is 0.300. The van der Waals surface area contributed by atoms with E-state index < -0.39 is 0 Å². The molecule has 0 spiro atoms. The van der Waals surface area contributed by atoms with Crippen LogP contribution < -0.4 is 10.6 Å². The minimum atomic E-state index is -0.361. The fourth-order valence-corrected chi connectivity index (χ4v) is 5.49. The monoisotopic (exact) mass is 383 g/mol. The number of halogens is 1. The molecule has 0 fully saturated rings. The van der Waals surface area contributed by atoms with Gasteiger partial charge < -0.3 is 10.6 Å². The van der Waals surface area contributed by atoms with Crippen LogP contribution in [0, 0.1) is 6.92 Å². The summed E-state index contributed by atoms with van der Waals surface area (Å²) in [5.74, 6) is -0.0106. The van der Waals surface area contributed by atoms with Gasteiger partial charge in [-0.2, -0.15) is 0 Å². The summed E-state index contributed by atoms with van der Waals surface area (Å²) in [6.07, 6.45) is 4.08. The van der Waals surface area contributed by atoms with Crippen LogP contribution in [0.25, 0.3) is 10.9 Å². The van der Waals surface area contributed by atoms with E-state index in [2.05, 4.69) is 28.6 Å². The Bertz CT molecular complexity index is 1060. The van der Waals surface area contributed by atoms with Crippen molar-refractivity contribution in [2.75, 3.05) is 5.32 Å². The Morgan fingerprint density at radius 1 is 1.19 bits per heavy atom. The van der Waals surface area contributed by atoms with Gasteiger partial charge in [-0.15, -0.1) is 11.3 Å². The van der Waals surface area contributed by atoms with Gasteiger partial charge in [-0.25, -0.2) is 4.98 Å². The highest BCUT2D eigenvalue weighted by Gasteiger charge is 2.33. The number of hydrogen-bond acceptors (Lipinski definition) is 4. The van der Waals surface area contributed by atoms with Crippen molar-refractivity contribution in [2.45, 2.75) is 38.8 Å². The predicted octanol–water partition coefficient (Wildman–Crippen LogP) is 4.99. The predicted molar refractivity (Wildman–Crippen MR) is 106 cm³/mol. The lowest BCUT2D eigenvalue weighted by Crippen LogP contribution is -2.38. The molecule has 2 N–H and O–H groups in total. The van der Waals surface area contributed by atoms with Crippen molar-refractivity contribution in [1.29, 1.82) is 0 Å². The second kappa shape index (κ2) is 5.96. The summed E-state index contributed by atoms with van der Waals surface area (Å²) in [6, 6.07) is 8.10. The Morgan fingerprint density at radius 2 is 2.04 bits per heavy atom. The van der Waals surface area contributed by atoms with Crippen LogP contribution in [0.3, 0.4) is 0 Å².